The molecule has 0 saturated heterocycles. The molecule has 0 unspecified atom stereocenters. The maximum absolute atomic E-state index is 11.2. The van der Waals surface area contributed by atoms with Gasteiger partial charge in [0.05, 0.1) is 0 Å². The van der Waals surface area contributed by atoms with Gasteiger partial charge in [-0.1, -0.05) is 26.7 Å². The van der Waals surface area contributed by atoms with Gasteiger partial charge in [0.1, 0.15) is 0 Å². The molecule has 0 atom stereocenters. The molecule has 0 spiro atoms. The quantitative estimate of drug-likeness (QED) is 0.643. The second kappa shape index (κ2) is 7.15. The predicted molar refractivity (Wildman–Crippen MR) is 70.7 cm³/mol. The summed E-state index contributed by atoms with van der Waals surface area (Å²) >= 11 is 0. The van der Waals surface area contributed by atoms with E-state index in [2.05, 4.69) is 18.7 Å². The molecule has 96 valence electrons. The third-order valence-electron chi connectivity index (χ3n) is 2.81. The van der Waals surface area contributed by atoms with Crippen LogP contribution >= 0.6 is 0 Å². The van der Waals surface area contributed by atoms with Crippen LogP contribution in [-0.4, -0.2) is 18.9 Å². The molecule has 0 aliphatic carbocycles. The summed E-state index contributed by atoms with van der Waals surface area (Å²) in [6.45, 7) is 7.90. The Kier molecular flexibility index (Phi) is 5.81. The second-order valence-corrected chi connectivity index (χ2v) is 4.39. The van der Waals surface area contributed by atoms with E-state index >= 15 is 0 Å². The summed E-state index contributed by atoms with van der Waals surface area (Å²) in [4.78, 5) is 13.4. The maximum atomic E-state index is 11.2. The van der Waals surface area contributed by atoms with Crippen molar-refractivity contribution in [2.45, 2.75) is 46.5 Å². The van der Waals surface area contributed by atoms with Gasteiger partial charge in [-0.05, 0) is 18.9 Å². The first-order chi connectivity index (χ1) is 8.19. The number of nitrogens with zero attached hydrogens (tertiary/aromatic N) is 1. The molecular formula is C14H23NO2. The van der Waals surface area contributed by atoms with Crippen molar-refractivity contribution in [1.29, 1.82) is 0 Å². The van der Waals surface area contributed by atoms with Crippen LogP contribution in [0.3, 0.4) is 0 Å². The highest BCUT2D eigenvalue weighted by atomic mass is 16.4. The zero-order valence-electron chi connectivity index (χ0n) is 11.2. The molecule has 17 heavy (non-hydrogen) atoms. The van der Waals surface area contributed by atoms with E-state index in [1.807, 2.05) is 6.07 Å². The molecule has 0 aliphatic rings. The van der Waals surface area contributed by atoms with E-state index in [4.69, 9.17) is 4.42 Å². The van der Waals surface area contributed by atoms with Crippen LogP contribution in [0.25, 0.3) is 0 Å². The van der Waals surface area contributed by atoms with E-state index in [9.17, 15) is 4.79 Å². The molecule has 0 N–H and O–H groups in total. The summed E-state index contributed by atoms with van der Waals surface area (Å²) in [6.07, 6.45) is 4.64. The van der Waals surface area contributed by atoms with E-state index in [0.29, 0.717) is 5.76 Å². The lowest BCUT2D eigenvalue weighted by molar-refractivity contribution is 0.0987. The van der Waals surface area contributed by atoms with Crippen molar-refractivity contribution in [3.05, 3.63) is 17.9 Å². The minimum atomic E-state index is -0.0119. The number of carbonyl (C=O) groups is 1. The van der Waals surface area contributed by atoms with Gasteiger partial charge in [0, 0.05) is 26.1 Å². The first-order valence-electron chi connectivity index (χ1n) is 6.54. The van der Waals surface area contributed by atoms with Crippen LogP contribution < -0.4 is 4.90 Å². The maximum Gasteiger partial charge on any atom is 0.196 e. The SMILES string of the molecule is CCCCN(CCCC)c1ccc(C(C)=O)o1. The van der Waals surface area contributed by atoms with Crippen molar-refractivity contribution >= 4 is 11.7 Å². The van der Waals surface area contributed by atoms with Crippen molar-refractivity contribution in [2.24, 2.45) is 0 Å². The minimum absolute atomic E-state index is 0.0119. The Bertz CT molecular complexity index is 336. The highest BCUT2D eigenvalue weighted by molar-refractivity contribution is 5.91. The second-order valence-electron chi connectivity index (χ2n) is 4.39. The van der Waals surface area contributed by atoms with Crippen LogP contribution in [0.5, 0.6) is 0 Å². The zero-order chi connectivity index (χ0) is 12.7. The Morgan fingerprint density at radius 1 is 1.18 bits per heavy atom. The number of ketones is 1. The summed E-state index contributed by atoms with van der Waals surface area (Å²) in [7, 11) is 0. The van der Waals surface area contributed by atoms with Gasteiger partial charge in [0.2, 0.25) is 0 Å². The number of carbonyl (C=O) groups excluding carboxylic acids is 1. The lowest BCUT2D eigenvalue weighted by Crippen LogP contribution is -2.25. The molecule has 3 heteroatoms. The molecule has 1 aromatic rings. The average molecular weight is 237 g/mol. The van der Waals surface area contributed by atoms with E-state index in [-0.39, 0.29) is 5.78 Å². The van der Waals surface area contributed by atoms with Gasteiger partial charge in [-0.2, -0.15) is 0 Å². The summed E-state index contributed by atoms with van der Waals surface area (Å²) in [5.74, 6) is 1.28. The third kappa shape index (κ3) is 4.25. The first-order valence-corrected chi connectivity index (χ1v) is 6.54. The first kappa shape index (κ1) is 13.8. The normalized spacial score (nSPS) is 10.5. The van der Waals surface area contributed by atoms with E-state index in [1.165, 1.54) is 19.8 Å². The molecule has 0 bridgehead atoms. The Morgan fingerprint density at radius 3 is 2.18 bits per heavy atom. The van der Waals surface area contributed by atoms with Crippen molar-refractivity contribution in [1.82, 2.24) is 0 Å². The van der Waals surface area contributed by atoms with Crippen LogP contribution in [0.4, 0.5) is 5.88 Å². The molecule has 1 rings (SSSR count). The van der Waals surface area contributed by atoms with Gasteiger partial charge in [-0.3, -0.25) is 4.79 Å². The topological polar surface area (TPSA) is 33.5 Å². The molecule has 1 heterocycles. The largest absolute Gasteiger partial charge is 0.437 e. The van der Waals surface area contributed by atoms with Crippen LogP contribution in [0.15, 0.2) is 16.5 Å². The molecule has 3 nitrogen and oxygen atoms in total. The molecular weight excluding hydrogens is 214 g/mol. The van der Waals surface area contributed by atoms with E-state index < -0.39 is 0 Å². The number of Topliss-reactive ketones (excluding diaryl/α,β-unsaturated/α-hetero) is 1. The Labute approximate surface area is 104 Å². The standard InChI is InChI=1S/C14H23NO2/c1-4-6-10-15(11-7-5-2)14-9-8-13(17-14)12(3)16/h8-9H,4-7,10-11H2,1-3H3. The minimum Gasteiger partial charge on any atom is -0.437 e. The fourth-order valence-corrected chi connectivity index (χ4v) is 1.72. The molecule has 0 saturated carbocycles. The van der Waals surface area contributed by atoms with Gasteiger partial charge >= 0.3 is 0 Å². The fourth-order valence-electron chi connectivity index (χ4n) is 1.72. The number of hydrogen-bond acceptors (Lipinski definition) is 3. The summed E-state index contributed by atoms with van der Waals surface area (Å²) in [5, 5.41) is 0. The van der Waals surface area contributed by atoms with Crippen molar-refractivity contribution in [3.63, 3.8) is 0 Å². The van der Waals surface area contributed by atoms with Crippen molar-refractivity contribution in [2.75, 3.05) is 18.0 Å². The van der Waals surface area contributed by atoms with Crippen LogP contribution in [0.2, 0.25) is 0 Å². The lowest BCUT2D eigenvalue weighted by atomic mass is 10.2. The molecule has 0 radical (unpaired) electrons. The zero-order valence-corrected chi connectivity index (χ0v) is 11.2. The monoisotopic (exact) mass is 237 g/mol. The van der Waals surface area contributed by atoms with Crippen LogP contribution in [0, 0.1) is 0 Å². The molecule has 0 amide bonds. The lowest BCUT2D eigenvalue weighted by Gasteiger charge is -2.21. The highest BCUT2D eigenvalue weighted by Gasteiger charge is 2.12. The van der Waals surface area contributed by atoms with Crippen LogP contribution in [-0.2, 0) is 0 Å². The van der Waals surface area contributed by atoms with Gasteiger partial charge in [-0.25, -0.2) is 0 Å². The molecule has 0 fully saturated rings. The van der Waals surface area contributed by atoms with Crippen molar-refractivity contribution < 1.29 is 9.21 Å². The summed E-state index contributed by atoms with van der Waals surface area (Å²) in [6, 6.07) is 3.67. The Balaban J connectivity index is 2.68. The number of unbranched alkanes of at least 4 members (excludes halogenated alkanes) is 2. The van der Waals surface area contributed by atoms with Gasteiger partial charge < -0.3 is 9.32 Å². The number of rotatable bonds is 8. The van der Waals surface area contributed by atoms with E-state index in [1.54, 1.807) is 6.07 Å². The van der Waals surface area contributed by atoms with Gasteiger partial charge in [0.25, 0.3) is 0 Å². The van der Waals surface area contributed by atoms with Gasteiger partial charge in [0.15, 0.2) is 17.4 Å². The summed E-state index contributed by atoms with van der Waals surface area (Å²) in [5.41, 5.74) is 0. The average Bonchev–Trinajstić information content (AvgIpc) is 2.79. The highest BCUT2D eigenvalue weighted by Crippen LogP contribution is 2.20. The number of hydrogen-bond donors (Lipinski definition) is 0. The number of furan rings is 1. The molecule has 0 aromatic carbocycles. The number of anilines is 1. The molecule has 0 aliphatic heterocycles. The molecule has 1 aromatic heterocycles. The van der Waals surface area contributed by atoms with Crippen molar-refractivity contribution in [3.8, 4) is 0 Å². The van der Waals surface area contributed by atoms with Gasteiger partial charge in [-0.15, -0.1) is 0 Å². The van der Waals surface area contributed by atoms with E-state index in [0.717, 1.165) is 31.8 Å². The smallest absolute Gasteiger partial charge is 0.196 e. The third-order valence-corrected chi connectivity index (χ3v) is 2.81. The fraction of sp³-hybridized carbons (Fsp3) is 0.643. The predicted octanol–water partition coefficient (Wildman–Crippen LogP) is 3.89. The van der Waals surface area contributed by atoms with Crippen LogP contribution in [0.1, 0.15) is 57.0 Å². The Morgan fingerprint density at radius 2 is 1.76 bits per heavy atom. The Hall–Kier alpha value is -1.25. The summed E-state index contributed by atoms with van der Waals surface area (Å²) < 4.78 is 5.58.